The fraction of sp³-hybridized carbons (Fsp3) is 0.462. The van der Waals surface area contributed by atoms with Gasteiger partial charge in [-0.3, -0.25) is 14.9 Å². The van der Waals surface area contributed by atoms with Crippen LogP contribution in [0.4, 0.5) is 11.4 Å². The van der Waals surface area contributed by atoms with Crippen LogP contribution in [0, 0.1) is 15.5 Å². The fourth-order valence-corrected chi connectivity index (χ4v) is 2.01. The number of anilines is 1. The first-order valence-corrected chi connectivity index (χ1v) is 6.37. The van der Waals surface area contributed by atoms with Gasteiger partial charge in [0, 0.05) is 6.54 Å². The number of nitrogens with zero attached hydrogens (tertiary/aromatic N) is 1. The number of para-hydroxylation sites is 1. The first-order chi connectivity index (χ1) is 9.50. The molecule has 0 spiro atoms. The Bertz CT molecular complexity index is 540. The van der Waals surface area contributed by atoms with Crippen LogP contribution in [0.1, 0.15) is 19.8 Å². The Morgan fingerprint density at radius 3 is 2.75 bits per heavy atom. The minimum absolute atomic E-state index is 0.157. The molecule has 2 rings (SSSR count). The predicted molar refractivity (Wildman–Crippen MR) is 72.1 cm³/mol. The van der Waals surface area contributed by atoms with Crippen LogP contribution in [0.25, 0.3) is 0 Å². The number of hydrogen-bond donors (Lipinski definition) is 2. The lowest BCUT2D eigenvalue weighted by Gasteiger charge is -2.13. The molecule has 1 aromatic carbocycles. The molecule has 0 saturated heterocycles. The lowest BCUT2D eigenvalue weighted by atomic mass is 10.1. The van der Waals surface area contributed by atoms with Gasteiger partial charge in [0.15, 0.2) is 5.75 Å². The molecule has 1 saturated carbocycles. The monoisotopic (exact) mass is 280 g/mol. The predicted octanol–water partition coefficient (Wildman–Crippen LogP) is 2.27. The van der Waals surface area contributed by atoms with Gasteiger partial charge in [0.2, 0.25) is 0 Å². The van der Waals surface area contributed by atoms with E-state index in [4.69, 9.17) is 9.84 Å². The summed E-state index contributed by atoms with van der Waals surface area (Å²) in [5, 5.41) is 23.1. The highest BCUT2D eigenvalue weighted by Gasteiger charge is 2.50. The van der Waals surface area contributed by atoms with Gasteiger partial charge in [0.1, 0.15) is 5.69 Å². The summed E-state index contributed by atoms with van der Waals surface area (Å²) in [4.78, 5) is 21.7. The van der Waals surface area contributed by atoms with E-state index in [1.54, 1.807) is 19.1 Å². The topological polar surface area (TPSA) is 102 Å². The number of hydrogen-bond acceptors (Lipinski definition) is 5. The summed E-state index contributed by atoms with van der Waals surface area (Å²) in [5.41, 5.74) is -0.654. The van der Waals surface area contributed by atoms with Crippen LogP contribution < -0.4 is 10.1 Å². The highest BCUT2D eigenvalue weighted by Crippen LogP contribution is 2.46. The van der Waals surface area contributed by atoms with E-state index in [1.165, 1.54) is 6.07 Å². The van der Waals surface area contributed by atoms with Gasteiger partial charge in [-0.15, -0.1) is 0 Å². The fourth-order valence-electron chi connectivity index (χ4n) is 2.01. The van der Waals surface area contributed by atoms with Crippen molar-refractivity contribution in [1.82, 2.24) is 0 Å². The van der Waals surface area contributed by atoms with Gasteiger partial charge >= 0.3 is 11.7 Å². The summed E-state index contributed by atoms with van der Waals surface area (Å²) in [5.74, 6) is -0.684. The Morgan fingerprint density at radius 1 is 1.55 bits per heavy atom. The zero-order valence-corrected chi connectivity index (χ0v) is 11.1. The number of carboxylic acids is 1. The van der Waals surface area contributed by atoms with E-state index in [1.807, 2.05) is 0 Å². The molecule has 1 aromatic rings. The molecule has 0 aliphatic heterocycles. The second-order valence-electron chi connectivity index (χ2n) is 4.78. The van der Waals surface area contributed by atoms with E-state index in [9.17, 15) is 14.9 Å². The summed E-state index contributed by atoms with van der Waals surface area (Å²) in [7, 11) is 0. The first-order valence-electron chi connectivity index (χ1n) is 6.37. The van der Waals surface area contributed by atoms with E-state index < -0.39 is 16.3 Å². The number of nitro groups is 1. The number of carboxylic acid groups (broad SMARTS) is 1. The minimum Gasteiger partial charge on any atom is -0.487 e. The molecule has 7 nitrogen and oxygen atoms in total. The third-order valence-corrected chi connectivity index (χ3v) is 3.41. The minimum atomic E-state index is -0.867. The van der Waals surface area contributed by atoms with Crippen LogP contribution in [-0.4, -0.2) is 29.2 Å². The molecule has 0 unspecified atom stereocenters. The third kappa shape index (κ3) is 2.66. The van der Waals surface area contributed by atoms with Crippen LogP contribution in [0.2, 0.25) is 0 Å². The van der Waals surface area contributed by atoms with Crippen molar-refractivity contribution in [3.63, 3.8) is 0 Å². The normalized spacial score (nSPS) is 15.4. The Labute approximate surface area is 115 Å². The second kappa shape index (κ2) is 5.36. The van der Waals surface area contributed by atoms with E-state index in [0.717, 1.165) is 0 Å². The molecular formula is C13H16N2O5. The highest BCUT2D eigenvalue weighted by molar-refractivity contribution is 5.79. The second-order valence-corrected chi connectivity index (χ2v) is 4.78. The molecule has 0 aromatic heterocycles. The first kappa shape index (κ1) is 14.1. The van der Waals surface area contributed by atoms with E-state index >= 15 is 0 Å². The Kier molecular flexibility index (Phi) is 3.78. The molecule has 7 heteroatoms. The van der Waals surface area contributed by atoms with Crippen molar-refractivity contribution in [1.29, 1.82) is 0 Å². The summed E-state index contributed by atoms with van der Waals surface area (Å²) in [6, 6.07) is 4.72. The van der Waals surface area contributed by atoms with Crippen molar-refractivity contribution >= 4 is 17.3 Å². The number of carbonyl (C=O) groups is 1. The average Bonchev–Trinajstić information content (AvgIpc) is 3.17. The number of rotatable bonds is 7. The van der Waals surface area contributed by atoms with Crippen LogP contribution in [0.15, 0.2) is 18.2 Å². The van der Waals surface area contributed by atoms with Crippen LogP contribution in [0.5, 0.6) is 5.75 Å². The summed E-state index contributed by atoms with van der Waals surface area (Å²) < 4.78 is 5.24. The SMILES string of the molecule is CCOc1cccc(NCC2(C(=O)O)CC2)c1[N+](=O)[O-]. The van der Waals surface area contributed by atoms with Gasteiger partial charge < -0.3 is 15.2 Å². The van der Waals surface area contributed by atoms with Gasteiger partial charge in [0.05, 0.1) is 16.9 Å². The van der Waals surface area contributed by atoms with Gasteiger partial charge in [-0.25, -0.2) is 0 Å². The zero-order chi connectivity index (χ0) is 14.8. The molecule has 2 N–H and O–H groups in total. The summed E-state index contributed by atoms with van der Waals surface area (Å²) in [6.07, 6.45) is 1.18. The Hall–Kier alpha value is -2.31. The Balaban J connectivity index is 2.21. The molecule has 0 radical (unpaired) electrons. The van der Waals surface area contributed by atoms with Crippen molar-refractivity contribution in [3.05, 3.63) is 28.3 Å². The molecular weight excluding hydrogens is 264 g/mol. The molecule has 0 atom stereocenters. The molecule has 20 heavy (non-hydrogen) atoms. The summed E-state index contributed by atoms with van der Waals surface area (Å²) >= 11 is 0. The van der Waals surface area contributed by atoms with Crippen LogP contribution >= 0.6 is 0 Å². The molecule has 1 aliphatic rings. The van der Waals surface area contributed by atoms with E-state index in [0.29, 0.717) is 19.4 Å². The van der Waals surface area contributed by atoms with Crippen molar-refractivity contribution in [2.45, 2.75) is 19.8 Å². The number of nitro benzene ring substituents is 1. The molecule has 0 bridgehead atoms. The molecule has 0 amide bonds. The van der Waals surface area contributed by atoms with Gasteiger partial charge in [-0.1, -0.05) is 6.07 Å². The smallest absolute Gasteiger partial charge is 0.333 e. The number of ether oxygens (including phenoxy) is 1. The maximum Gasteiger partial charge on any atom is 0.333 e. The highest BCUT2D eigenvalue weighted by atomic mass is 16.6. The third-order valence-electron chi connectivity index (χ3n) is 3.41. The van der Waals surface area contributed by atoms with Gasteiger partial charge in [-0.2, -0.15) is 0 Å². The van der Waals surface area contributed by atoms with Crippen molar-refractivity contribution in [2.75, 3.05) is 18.5 Å². The maximum atomic E-state index is 11.2. The molecule has 1 aliphatic carbocycles. The number of nitrogens with one attached hydrogen (secondary N) is 1. The average molecular weight is 280 g/mol. The van der Waals surface area contributed by atoms with Crippen molar-refractivity contribution in [3.8, 4) is 5.75 Å². The van der Waals surface area contributed by atoms with Crippen molar-refractivity contribution < 1.29 is 19.6 Å². The summed E-state index contributed by atoms with van der Waals surface area (Å²) in [6.45, 7) is 2.25. The van der Waals surface area contributed by atoms with E-state index in [2.05, 4.69) is 5.32 Å². The number of benzene rings is 1. The van der Waals surface area contributed by atoms with Crippen molar-refractivity contribution in [2.24, 2.45) is 5.41 Å². The molecule has 1 fully saturated rings. The van der Waals surface area contributed by atoms with E-state index in [-0.39, 0.29) is 23.7 Å². The molecule has 0 heterocycles. The Morgan fingerprint density at radius 2 is 2.25 bits per heavy atom. The van der Waals surface area contributed by atoms with Crippen LogP contribution in [-0.2, 0) is 4.79 Å². The van der Waals surface area contributed by atoms with Gasteiger partial charge in [0.25, 0.3) is 0 Å². The largest absolute Gasteiger partial charge is 0.487 e. The maximum absolute atomic E-state index is 11.2. The molecule has 108 valence electrons. The standard InChI is InChI=1S/C13H16N2O5/c1-2-20-10-5-3-4-9(11(10)15(18)19)14-8-13(6-7-13)12(16)17/h3-5,14H,2,6-8H2,1H3,(H,16,17). The van der Waals surface area contributed by atoms with Crippen LogP contribution in [0.3, 0.4) is 0 Å². The van der Waals surface area contributed by atoms with Gasteiger partial charge in [-0.05, 0) is 31.9 Å². The lowest BCUT2D eigenvalue weighted by molar-refractivity contribution is -0.384. The number of aliphatic carboxylic acids is 1. The zero-order valence-electron chi connectivity index (χ0n) is 11.1. The lowest BCUT2D eigenvalue weighted by Crippen LogP contribution is -2.24. The quantitative estimate of drug-likeness (QED) is 0.586.